The Labute approximate surface area is 110 Å². The van der Waals surface area contributed by atoms with E-state index in [0.29, 0.717) is 10.9 Å². The molecule has 0 spiro atoms. The number of halogens is 2. The highest BCUT2D eigenvalue weighted by Crippen LogP contribution is 2.34. The number of nitrogens with two attached hydrogens (primary N) is 1. The van der Waals surface area contributed by atoms with Crippen LogP contribution in [0, 0.1) is 11.2 Å². The minimum Gasteiger partial charge on any atom is -0.388 e. The highest BCUT2D eigenvalue weighted by Gasteiger charge is 2.39. The van der Waals surface area contributed by atoms with Gasteiger partial charge in [-0.2, -0.15) is 0 Å². The van der Waals surface area contributed by atoms with Crippen LogP contribution >= 0.6 is 15.9 Å². The Morgan fingerprint density at radius 3 is 2.41 bits per heavy atom. The smallest absolute Gasteiger partial charge is 0.137 e. The van der Waals surface area contributed by atoms with Crippen molar-refractivity contribution in [2.45, 2.75) is 32.8 Å². The summed E-state index contributed by atoms with van der Waals surface area (Å²) in [7, 11) is 0. The van der Waals surface area contributed by atoms with E-state index in [-0.39, 0.29) is 17.8 Å². The van der Waals surface area contributed by atoms with Crippen LogP contribution in [-0.4, -0.2) is 17.3 Å². The van der Waals surface area contributed by atoms with Gasteiger partial charge in [-0.05, 0) is 33.0 Å². The maximum atomic E-state index is 13.4. The minimum atomic E-state index is -1.05. The van der Waals surface area contributed by atoms with Crippen molar-refractivity contribution in [3.63, 3.8) is 0 Å². The van der Waals surface area contributed by atoms with Gasteiger partial charge in [-0.15, -0.1) is 0 Å². The lowest BCUT2D eigenvalue weighted by molar-refractivity contribution is -0.0492. The first kappa shape index (κ1) is 14.6. The van der Waals surface area contributed by atoms with Crippen molar-refractivity contribution in [1.29, 1.82) is 0 Å². The van der Waals surface area contributed by atoms with Gasteiger partial charge >= 0.3 is 0 Å². The van der Waals surface area contributed by atoms with E-state index in [1.165, 1.54) is 6.07 Å². The third-order valence-electron chi connectivity index (χ3n) is 3.25. The van der Waals surface area contributed by atoms with Gasteiger partial charge in [0.15, 0.2) is 0 Å². The number of rotatable bonds is 3. The van der Waals surface area contributed by atoms with E-state index < -0.39 is 5.60 Å². The zero-order chi connectivity index (χ0) is 13.3. The molecule has 0 heterocycles. The minimum absolute atomic E-state index is 0.138. The van der Waals surface area contributed by atoms with Gasteiger partial charge < -0.3 is 10.8 Å². The number of hydrogen-bond acceptors (Lipinski definition) is 2. The second-order valence-electron chi connectivity index (χ2n) is 5.38. The van der Waals surface area contributed by atoms with Crippen molar-refractivity contribution < 1.29 is 9.50 Å². The SMILES string of the molecule is CC(C)(C)C(O)(CN)Cc1cccc(F)c1Br. The molecule has 1 unspecified atom stereocenters. The number of hydrogen-bond donors (Lipinski definition) is 2. The molecule has 96 valence electrons. The summed E-state index contributed by atoms with van der Waals surface area (Å²) in [4.78, 5) is 0. The van der Waals surface area contributed by atoms with Crippen molar-refractivity contribution >= 4 is 15.9 Å². The first-order valence-corrected chi connectivity index (χ1v) is 6.36. The van der Waals surface area contributed by atoms with E-state index >= 15 is 0 Å². The van der Waals surface area contributed by atoms with Gasteiger partial charge in [-0.3, -0.25) is 0 Å². The molecular formula is C13H19BrFNO. The molecule has 17 heavy (non-hydrogen) atoms. The molecule has 0 aliphatic rings. The van der Waals surface area contributed by atoms with E-state index in [0.717, 1.165) is 5.56 Å². The van der Waals surface area contributed by atoms with Gasteiger partial charge in [0.1, 0.15) is 5.82 Å². The van der Waals surface area contributed by atoms with Gasteiger partial charge in [-0.1, -0.05) is 32.9 Å². The third kappa shape index (κ3) is 3.06. The Hall–Kier alpha value is -0.450. The first-order chi connectivity index (χ1) is 7.71. The van der Waals surface area contributed by atoms with Gasteiger partial charge in [0.25, 0.3) is 0 Å². The third-order valence-corrected chi connectivity index (χ3v) is 4.14. The Bertz CT molecular complexity index is 403. The Morgan fingerprint density at radius 1 is 1.35 bits per heavy atom. The van der Waals surface area contributed by atoms with E-state index in [1.807, 2.05) is 20.8 Å². The van der Waals surface area contributed by atoms with Crippen molar-refractivity contribution in [3.05, 3.63) is 34.1 Å². The lowest BCUT2D eigenvalue weighted by atomic mass is 9.73. The van der Waals surface area contributed by atoms with Crippen molar-refractivity contribution in [2.24, 2.45) is 11.1 Å². The lowest BCUT2D eigenvalue weighted by Gasteiger charge is -2.39. The Balaban J connectivity index is 3.08. The van der Waals surface area contributed by atoms with E-state index in [1.54, 1.807) is 12.1 Å². The molecule has 0 aliphatic heterocycles. The molecule has 0 aromatic heterocycles. The molecule has 3 N–H and O–H groups in total. The molecule has 1 aromatic carbocycles. The van der Waals surface area contributed by atoms with Crippen molar-refractivity contribution in [3.8, 4) is 0 Å². The molecule has 1 atom stereocenters. The van der Waals surface area contributed by atoms with E-state index in [9.17, 15) is 9.50 Å². The monoisotopic (exact) mass is 303 g/mol. The van der Waals surface area contributed by atoms with Crippen molar-refractivity contribution in [1.82, 2.24) is 0 Å². The standard InChI is InChI=1S/C13H19BrFNO/c1-12(2,3)13(17,8-16)7-9-5-4-6-10(15)11(9)14/h4-6,17H,7-8,16H2,1-3H3. The van der Waals surface area contributed by atoms with Crippen molar-refractivity contribution in [2.75, 3.05) is 6.54 Å². The molecule has 2 nitrogen and oxygen atoms in total. The van der Waals surface area contributed by atoms with Gasteiger partial charge in [-0.25, -0.2) is 4.39 Å². The first-order valence-electron chi connectivity index (χ1n) is 5.56. The van der Waals surface area contributed by atoms with E-state index in [4.69, 9.17) is 5.73 Å². The maximum Gasteiger partial charge on any atom is 0.137 e. The van der Waals surface area contributed by atoms with Crippen LogP contribution in [0.4, 0.5) is 4.39 Å². The molecular weight excluding hydrogens is 285 g/mol. The summed E-state index contributed by atoms with van der Waals surface area (Å²) in [5.41, 5.74) is 4.98. The van der Waals surface area contributed by atoms with Gasteiger partial charge in [0.05, 0.1) is 10.1 Å². The fraction of sp³-hybridized carbons (Fsp3) is 0.538. The zero-order valence-electron chi connectivity index (χ0n) is 10.4. The molecule has 0 radical (unpaired) electrons. The van der Waals surface area contributed by atoms with Gasteiger partial charge in [0, 0.05) is 13.0 Å². The molecule has 0 bridgehead atoms. The van der Waals surface area contributed by atoms with Crippen LogP contribution in [0.25, 0.3) is 0 Å². The fourth-order valence-corrected chi connectivity index (χ4v) is 2.05. The molecule has 0 fully saturated rings. The van der Waals surface area contributed by atoms with Crippen LogP contribution in [0.15, 0.2) is 22.7 Å². The normalized spacial score (nSPS) is 15.7. The Kier molecular flexibility index (Phi) is 4.33. The highest BCUT2D eigenvalue weighted by molar-refractivity contribution is 9.10. The fourth-order valence-electron chi connectivity index (χ4n) is 1.64. The summed E-state index contributed by atoms with van der Waals surface area (Å²) in [6, 6.07) is 4.81. The molecule has 0 saturated heterocycles. The molecule has 0 saturated carbocycles. The summed E-state index contributed by atoms with van der Waals surface area (Å²) in [6.45, 7) is 5.91. The highest BCUT2D eigenvalue weighted by atomic mass is 79.9. The van der Waals surface area contributed by atoms with E-state index in [2.05, 4.69) is 15.9 Å². The average molecular weight is 304 g/mol. The summed E-state index contributed by atoms with van der Waals surface area (Å²) >= 11 is 3.20. The molecule has 0 amide bonds. The largest absolute Gasteiger partial charge is 0.388 e. The summed E-state index contributed by atoms with van der Waals surface area (Å²) in [5, 5.41) is 10.6. The summed E-state index contributed by atoms with van der Waals surface area (Å²) in [6.07, 6.45) is 0.325. The Morgan fingerprint density at radius 2 is 1.94 bits per heavy atom. The molecule has 1 rings (SSSR count). The lowest BCUT2D eigenvalue weighted by Crippen LogP contribution is -2.51. The predicted octanol–water partition coefficient (Wildman–Crippen LogP) is 2.87. The van der Waals surface area contributed by atoms with Crippen LogP contribution in [0.5, 0.6) is 0 Å². The molecule has 4 heteroatoms. The van der Waals surface area contributed by atoms with Crippen LogP contribution in [0.3, 0.4) is 0 Å². The summed E-state index contributed by atoms with van der Waals surface area (Å²) < 4.78 is 13.8. The molecule has 1 aromatic rings. The topological polar surface area (TPSA) is 46.2 Å². The maximum absolute atomic E-state index is 13.4. The second kappa shape index (κ2) is 5.04. The number of benzene rings is 1. The predicted molar refractivity (Wildman–Crippen MR) is 71.3 cm³/mol. The van der Waals surface area contributed by atoms with Crippen LogP contribution in [-0.2, 0) is 6.42 Å². The van der Waals surface area contributed by atoms with Crippen LogP contribution in [0.1, 0.15) is 26.3 Å². The average Bonchev–Trinajstić information content (AvgIpc) is 2.23. The number of aliphatic hydroxyl groups is 1. The second-order valence-corrected chi connectivity index (χ2v) is 6.17. The quantitative estimate of drug-likeness (QED) is 0.902. The van der Waals surface area contributed by atoms with Crippen LogP contribution in [0.2, 0.25) is 0 Å². The van der Waals surface area contributed by atoms with Gasteiger partial charge in [0.2, 0.25) is 0 Å². The zero-order valence-corrected chi connectivity index (χ0v) is 12.0. The molecule has 0 aliphatic carbocycles. The summed E-state index contributed by atoms with van der Waals surface area (Å²) in [5.74, 6) is -0.323. The van der Waals surface area contributed by atoms with Crippen LogP contribution < -0.4 is 5.73 Å².